The number of hydrogen-bond acceptors (Lipinski definition) is 4. The van der Waals surface area contributed by atoms with Crippen molar-refractivity contribution < 1.29 is 9.90 Å². The summed E-state index contributed by atoms with van der Waals surface area (Å²) in [4.78, 5) is 13.7. The van der Waals surface area contributed by atoms with Crippen molar-refractivity contribution in [2.45, 2.75) is 6.54 Å². The van der Waals surface area contributed by atoms with Gasteiger partial charge in [-0.05, 0) is 38.8 Å². The zero-order chi connectivity index (χ0) is 13.7. The number of rotatable bonds is 3. The summed E-state index contributed by atoms with van der Waals surface area (Å²) in [7, 11) is 0. The lowest BCUT2D eigenvalue weighted by Gasteiger charge is -2.03. The minimum atomic E-state index is -0.209. The fraction of sp³-hybridized carbons (Fsp3) is 0.154. The number of thiophene rings is 2. The van der Waals surface area contributed by atoms with E-state index < -0.39 is 0 Å². The smallest absolute Gasteiger partial charge is 0.262 e. The number of hydrogen-bond donors (Lipinski definition) is 2. The quantitative estimate of drug-likeness (QED) is 0.831. The van der Waals surface area contributed by atoms with Crippen LogP contribution in [-0.2, 0) is 6.54 Å². The van der Waals surface area contributed by atoms with Gasteiger partial charge in [0.25, 0.3) is 5.91 Å². The van der Waals surface area contributed by atoms with Gasteiger partial charge in [0.1, 0.15) is 11.5 Å². The topological polar surface area (TPSA) is 49.3 Å². The van der Waals surface area contributed by atoms with E-state index in [1.807, 2.05) is 16.8 Å². The summed E-state index contributed by atoms with van der Waals surface area (Å²) in [5.41, 5.74) is 0.654. The molecule has 0 radical (unpaired) electrons. The molecule has 1 amide bonds. The Morgan fingerprint density at radius 3 is 2.84 bits per heavy atom. The minimum Gasteiger partial charge on any atom is -0.384 e. The van der Waals surface area contributed by atoms with Crippen LogP contribution in [0.3, 0.4) is 0 Å². The molecule has 2 aromatic rings. The molecule has 0 spiro atoms. The van der Waals surface area contributed by atoms with Crippen LogP contribution < -0.4 is 5.32 Å². The molecule has 0 saturated carbocycles. The molecule has 0 aromatic carbocycles. The molecule has 2 heterocycles. The second kappa shape index (κ2) is 6.87. The summed E-state index contributed by atoms with van der Waals surface area (Å²) < 4.78 is 1.00. The Morgan fingerprint density at radius 2 is 2.16 bits per heavy atom. The van der Waals surface area contributed by atoms with Crippen molar-refractivity contribution >= 4 is 44.5 Å². The second-order valence-electron chi connectivity index (χ2n) is 3.50. The molecule has 6 heteroatoms. The Hall–Kier alpha value is -1.13. The van der Waals surface area contributed by atoms with Gasteiger partial charge < -0.3 is 10.4 Å². The van der Waals surface area contributed by atoms with E-state index in [0.717, 1.165) is 9.35 Å². The van der Waals surface area contributed by atoms with Gasteiger partial charge in [0.15, 0.2) is 0 Å². The van der Waals surface area contributed by atoms with Gasteiger partial charge in [0.05, 0.1) is 6.54 Å². The normalized spacial score (nSPS) is 9.79. The van der Waals surface area contributed by atoms with Crippen LogP contribution in [0.25, 0.3) is 0 Å². The third-order valence-corrected chi connectivity index (χ3v) is 5.11. The lowest BCUT2D eigenvalue weighted by molar-refractivity contribution is 0.0955. The molecule has 2 rings (SSSR count). The molecule has 19 heavy (non-hydrogen) atoms. The second-order valence-corrected chi connectivity index (χ2v) is 6.27. The Kier molecular flexibility index (Phi) is 5.16. The van der Waals surface area contributed by atoms with Gasteiger partial charge in [-0.3, -0.25) is 4.79 Å². The van der Waals surface area contributed by atoms with Crippen molar-refractivity contribution in [3.63, 3.8) is 0 Å². The highest BCUT2D eigenvalue weighted by atomic mass is 79.9. The van der Waals surface area contributed by atoms with Crippen LogP contribution >= 0.6 is 38.6 Å². The SMILES string of the molecule is O=C(NCc1sccc1Br)c1sccc1C#CCO. The van der Waals surface area contributed by atoms with Crippen LogP contribution in [0.4, 0.5) is 0 Å². The van der Waals surface area contributed by atoms with Crippen molar-refractivity contribution in [2.75, 3.05) is 6.61 Å². The van der Waals surface area contributed by atoms with Crippen LogP contribution in [0.1, 0.15) is 20.1 Å². The molecule has 0 atom stereocenters. The van der Waals surface area contributed by atoms with E-state index in [1.165, 1.54) is 11.3 Å². The van der Waals surface area contributed by atoms with Crippen LogP contribution in [0, 0.1) is 11.8 Å². The third-order valence-electron chi connectivity index (χ3n) is 2.27. The predicted octanol–water partition coefficient (Wildman–Crippen LogP) is 2.85. The fourth-order valence-corrected chi connectivity index (χ4v) is 3.61. The molecule has 98 valence electrons. The van der Waals surface area contributed by atoms with Crippen molar-refractivity contribution in [3.05, 3.63) is 42.7 Å². The summed E-state index contributed by atoms with van der Waals surface area (Å²) in [6.45, 7) is 0.279. The van der Waals surface area contributed by atoms with E-state index in [2.05, 4.69) is 33.1 Å². The van der Waals surface area contributed by atoms with Crippen LogP contribution in [0.15, 0.2) is 27.4 Å². The van der Waals surface area contributed by atoms with Gasteiger partial charge in [0, 0.05) is 14.9 Å². The molecule has 0 aliphatic carbocycles. The Morgan fingerprint density at radius 1 is 1.37 bits per heavy atom. The maximum absolute atomic E-state index is 12.1. The standard InChI is InChI=1S/C13H10BrNO2S2/c14-10-4-7-18-11(10)8-15-13(17)12-9(2-1-5-16)3-6-19-12/h3-4,6-7,16H,5,8H2,(H,15,17). The fourth-order valence-electron chi connectivity index (χ4n) is 1.41. The van der Waals surface area contributed by atoms with Crippen molar-refractivity contribution in [1.29, 1.82) is 0 Å². The minimum absolute atomic E-state index is 0.141. The maximum Gasteiger partial charge on any atom is 0.262 e. The molecule has 0 unspecified atom stereocenters. The molecule has 0 aliphatic heterocycles. The van der Waals surface area contributed by atoms with Gasteiger partial charge in [-0.15, -0.1) is 22.7 Å². The molecule has 0 saturated heterocycles. The largest absolute Gasteiger partial charge is 0.384 e. The lowest BCUT2D eigenvalue weighted by Crippen LogP contribution is -2.22. The highest BCUT2D eigenvalue weighted by Crippen LogP contribution is 2.22. The number of aliphatic hydroxyl groups excluding tert-OH is 1. The van der Waals surface area contributed by atoms with Crippen molar-refractivity contribution in [1.82, 2.24) is 5.32 Å². The summed E-state index contributed by atoms with van der Waals surface area (Å²) in [6.07, 6.45) is 0. The van der Waals surface area contributed by atoms with E-state index in [1.54, 1.807) is 17.4 Å². The van der Waals surface area contributed by atoms with E-state index >= 15 is 0 Å². The molecular weight excluding hydrogens is 346 g/mol. The van der Waals surface area contributed by atoms with Gasteiger partial charge in [-0.25, -0.2) is 0 Å². The zero-order valence-electron chi connectivity index (χ0n) is 9.77. The number of aliphatic hydroxyl groups is 1. The summed E-state index contributed by atoms with van der Waals surface area (Å²) in [5, 5.41) is 15.3. The lowest BCUT2D eigenvalue weighted by atomic mass is 10.2. The van der Waals surface area contributed by atoms with E-state index in [0.29, 0.717) is 17.0 Å². The van der Waals surface area contributed by atoms with E-state index in [9.17, 15) is 4.79 Å². The van der Waals surface area contributed by atoms with Gasteiger partial charge in [-0.2, -0.15) is 0 Å². The molecule has 3 nitrogen and oxygen atoms in total. The van der Waals surface area contributed by atoms with Crippen LogP contribution in [0.2, 0.25) is 0 Å². The van der Waals surface area contributed by atoms with Crippen LogP contribution in [-0.4, -0.2) is 17.6 Å². The zero-order valence-corrected chi connectivity index (χ0v) is 13.0. The van der Waals surface area contributed by atoms with Gasteiger partial charge in [0.2, 0.25) is 0 Å². The van der Waals surface area contributed by atoms with E-state index in [4.69, 9.17) is 5.11 Å². The maximum atomic E-state index is 12.1. The van der Waals surface area contributed by atoms with Crippen molar-refractivity contribution in [3.8, 4) is 11.8 Å². The van der Waals surface area contributed by atoms with Crippen molar-refractivity contribution in [2.24, 2.45) is 0 Å². The molecule has 0 aliphatic rings. The Balaban J connectivity index is 2.04. The first-order chi connectivity index (χ1) is 9.22. The highest BCUT2D eigenvalue weighted by Gasteiger charge is 2.12. The van der Waals surface area contributed by atoms with Gasteiger partial charge in [-0.1, -0.05) is 11.8 Å². The highest BCUT2D eigenvalue weighted by molar-refractivity contribution is 9.10. The number of carbonyl (C=O) groups is 1. The van der Waals surface area contributed by atoms with Gasteiger partial charge >= 0.3 is 0 Å². The molecule has 2 aromatic heterocycles. The van der Waals surface area contributed by atoms with Crippen LogP contribution in [0.5, 0.6) is 0 Å². The third kappa shape index (κ3) is 3.67. The Labute approximate surface area is 127 Å². The average Bonchev–Trinajstić information content (AvgIpc) is 3.02. The molecule has 0 fully saturated rings. The first-order valence-electron chi connectivity index (χ1n) is 5.39. The molecular formula is C13H10BrNO2S2. The average molecular weight is 356 g/mol. The number of nitrogens with one attached hydrogen (secondary N) is 1. The molecule has 0 bridgehead atoms. The Bertz CT molecular complexity index is 636. The monoisotopic (exact) mass is 355 g/mol. The first kappa shape index (κ1) is 14.3. The number of amides is 1. The number of halogens is 1. The predicted molar refractivity (Wildman–Crippen MR) is 81.5 cm³/mol. The first-order valence-corrected chi connectivity index (χ1v) is 7.95. The summed E-state index contributed by atoms with van der Waals surface area (Å²) in [6, 6.07) is 3.73. The summed E-state index contributed by atoms with van der Waals surface area (Å²) >= 11 is 6.36. The van der Waals surface area contributed by atoms with E-state index in [-0.39, 0.29) is 12.5 Å². The molecule has 2 N–H and O–H groups in total. The summed E-state index contributed by atoms with van der Waals surface area (Å²) in [5.74, 6) is 5.18. The number of carbonyl (C=O) groups excluding carboxylic acids is 1.